The number of nitrogens with one attached hydrogen (secondary N) is 1. The van der Waals surface area contributed by atoms with Gasteiger partial charge in [-0.2, -0.15) is 0 Å². The van der Waals surface area contributed by atoms with Gasteiger partial charge < -0.3 is 14.8 Å². The molecule has 7 nitrogen and oxygen atoms in total. The predicted octanol–water partition coefficient (Wildman–Crippen LogP) is 2.87. The number of rotatable bonds is 3. The van der Waals surface area contributed by atoms with Crippen LogP contribution in [0, 0.1) is 12.8 Å². The number of carbonyl (C=O) groups is 1. The number of amides is 1. The van der Waals surface area contributed by atoms with Crippen LogP contribution in [0.25, 0.3) is 22.6 Å². The highest BCUT2D eigenvalue weighted by molar-refractivity contribution is 5.89. The second kappa shape index (κ2) is 6.48. The second-order valence-corrected chi connectivity index (χ2v) is 8.69. The fourth-order valence-electron chi connectivity index (χ4n) is 5.06. The van der Waals surface area contributed by atoms with Crippen LogP contribution in [0.2, 0.25) is 0 Å². The van der Waals surface area contributed by atoms with Crippen LogP contribution in [-0.2, 0) is 4.79 Å². The lowest BCUT2D eigenvalue weighted by atomic mass is 10.1. The number of halogens is 1. The van der Waals surface area contributed by atoms with E-state index in [0.717, 1.165) is 54.2 Å². The topological polar surface area (TPSA) is 78.0 Å². The third kappa shape index (κ3) is 2.77. The number of aromatic amines is 1. The summed E-state index contributed by atoms with van der Waals surface area (Å²) in [5.41, 5.74) is 4.56. The van der Waals surface area contributed by atoms with E-state index in [4.69, 9.17) is 0 Å². The first kappa shape index (κ1) is 17.8. The molecule has 3 aromatic heterocycles. The Morgan fingerprint density at radius 2 is 1.90 bits per heavy atom. The molecule has 2 unspecified atom stereocenters. The molecule has 0 radical (unpaired) electrons. The van der Waals surface area contributed by atoms with Gasteiger partial charge in [-0.1, -0.05) is 0 Å². The summed E-state index contributed by atoms with van der Waals surface area (Å²) in [6, 6.07) is 6.25. The maximum atomic E-state index is 13.5. The zero-order valence-corrected chi connectivity index (χ0v) is 16.8. The van der Waals surface area contributed by atoms with E-state index in [1.165, 1.54) is 0 Å². The first-order valence-electron chi connectivity index (χ1n) is 10.6. The highest BCUT2D eigenvalue weighted by atomic mass is 19.1. The highest BCUT2D eigenvalue weighted by Gasteiger charge is 2.51. The molecule has 0 aromatic carbocycles. The van der Waals surface area contributed by atoms with Gasteiger partial charge in [-0.15, -0.1) is 0 Å². The van der Waals surface area contributed by atoms with Crippen molar-refractivity contribution in [2.75, 3.05) is 18.0 Å². The van der Waals surface area contributed by atoms with E-state index in [1.807, 2.05) is 30.0 Å². The SMILES string of the molecule is Cc1cc(-c2nc3nccc(N4CC5CCC(C4)N5C(=O)[C@@H]4C[C@H]4F)c3[nH]2)ccn1. The van der Waals surface area contributed by atoms with E-state index in [1.54, 1.807) is 12.4 Å². The van der Waals surface area contributed by atoms with Crippen molar-refractivity contribution in [2.45, 2.75) is 44.4 Å². The summed E-state index contributed by atoms with van der Waals surface area (Å²) in [4.78, 5) is 33.9. The Morgan fingerprint density at radius 1 is 1.17 bits per heavy atom. The number of carbonyl (C=O) groups excluding carboxylic acids is 1. The van der Waals surface area contributed by atoms with Crippen molar-refractivity contribution in [1.82, 2.24) is 24.8 Å². The van der Waals surface area contributed by atoms with Crippen LogP contribution < -0.4 is 4.90 Å². The number of imidazole rings is 1. The summed E-state index contributed by atoms with van der Waals surface area (Å²) < 4.78 is 13.5. The molecular weight excluding hydrogens is 383 g/mol. The van der Waals surface area contributed by atoms with Crippen molar-refractivity contribution in [3.63, 3.8) is 0 Å². The van der Waals surface area contributed by atoms with Crippen molar-refractivity contribution >= 4 is 22.8 Å². The molecular formula is C22H23FN6O. The van der Waals surface area contributed by atoms with Crippen LogP contribution in [-0.4, -0.2) is 62.1 Å². The zero-order chi connectivity index (χ0) is 20.4. The van der Waals surface area contributed by atoms with E-state index in [0.29, 0.717) is 12.1 Å². The lowest BCUT2D eigenvalue weighted by Gasteiger charge is -2.42. The van der Waals surface area contributed by atoms with Gasteiger partial charge in [0, 0.05) is 48.8 Å². The van der Waals surface area contributed by atoms with Crippen molar-refractivity contribution in [3.8, 4) is 11.4 Å². The van der Waals surface area contributed by atoms with Gasteiger partial charge >= 0.3 is 0 Å². The third-order valence-corrected chi connectivity index (χ3v) is 6.65. The average Bonchev–Trinajstić information content (AvgIpc) is 3.21. The minimum atomic E-state index is -0.935. The number of piperazine rings is 1. The summed E-state index contributed by atoms with van der Waals surface area (Å²) in [6.45, 7) is 3.47. The second-order valence-electron chi connectivity index (χ2n) is 8.69. The van der Waals surface area contributed by atoms with E-state index in [9.17, 15) is 9.18 Å². The minimum Gasteiger partial charge on any atom is -0.366 e. The van der Waals surface area contributed by atoms with Gasteiger partial charge in [0.1, 0.15) is 17.5 Å². The van der Waals surface area contributed by atoms with Crippen molar-refractivity contribution in [2.24, 2.45) is 5.92 Å². The maximum Gasteiger partial charge on any atom is 0.229 e. The lowest BCUT2D eigenvalue weighted by molar-refractivity contribution is -0.136. The molecule has 6 rings (SSSR count). The fourth-order valence-corrected chi connectivity index (χ4v) is 5.06. The van der Waals surface area contributed by atoms with E-state index in [-0.39, 0.29) is 18.0 Å². The van der Waals surface area contributed by atoms with E-state index in [2.05, 4.69) is 24.8 Å². The molecule has 1 saturated carbocycles. The van der Waals surface area contributed by atoms with Crippen LogP contribution >= 0.6 is 0 Å². The number of pyridine rings is 2. The molecule has 4 atom stereocenters. The summed E-state index contributed by atoms with van der Waals surface area (Å²) in [5.74, 6) is 0.396. The van der Waals surface area contributed by atoms with Gasteiger partial charge in [0.15, 0.2) is 5.65 Å². The quantitative estimate of drug-likeness (QED) is 0.724. The Kier molecular flexibility index (Phi) is 3.85. The normalized spacial score (nSPS) is 27.7. The predicted molar refractivity (Wildman–Crippen MR) is 111 cm³/mol. The molecule has 1 amide bonds. The molecule has 30 heavy (non-hydrogen) atoms. The first-order chi connectivity index (χ1) is 14.6. The molecule has 5 heterocycles. The number of aromatic nitrogens is 4. The molecule has 154 valence electrons. The highest BCUT2D eigenvalue weighted by Crippen LogP contribution is 2.41. The Labute approximate surface area is 173 Å². The standard InChI is InChI=1S/C22H23FN6O/c1-12-8-13(4-6-24-12)20-26-19-18(5-7-25-21(19)27-20)28-10-14-2-3-15(11-28)29(14)22(30)16-9-17(16)23/h4-8,14-17H,2-3,9-11H2,1H3,(H,25,26,27)/t14?,15?,16-,17-/m1/s1. The minimum absolute atomic E-state index is 0.0198. The van der Waals surface area contributed by atoms with Crippen LogP contribution in [0.4, 0.5) is 10.1 Å². The van der Waals surface area contributed by atoms with Gasteiger partial charge in [-0.05, 0) is 44.4 Å². The van der Waals surface area contributed by atoms with Gasteiger partial charge in [-0.3, -0.25) is 9.78 Å². The van der Waals surface area contributed by atoms with Gasteiger partial charge in [-0.25, -0.2) is 14.4 Å². The largest absolute Gasteiger partial charge is 0.366 e. The monoisotopic (exact) mass is 406 g/mol. The number of anilines is 1. The number of fused-ring (bicyclic) bond motifs is 3. The number of H-pyrrole nitrogens is 1. The molecule has 0 spiro atoms. The van der Waals surface area contributed by atoms with E-state index >= 15 is 0 Å². The maximum absolute atomic E-state index is 13.5. The number of alkyl halides is 1. The van der Waals surface area contributed by atoms with Gasteiger partial charge in [0.2, 0.25) is 5.91 Å². The van der Waals surface area contributed by atoms with Crippen molar-refractivity contribution in [1.29, 1.82) is 0 Å². The number of hydrogen-bond acceptors (Lipinski definition) is 5. The molecule has 3 aliphatic rings. The molecule has 2 saturated heterocycles. The van der Waals surface area contributed by atoms with Gasteiger partial charge in [0.05, 0.1) is 11.6 Å². The average molecular weight is 406 g/mol. The summed E-state index contributed by atoms with van der Waals surface area (Å²) in [6.07, 6.45) is 4.99. The molecule has 2 bridgehead atoms. The Hall–Kier alpha value is -3.03. The third-order valence-electron chi connectivity index (χ3n) is 6.65. The fraction of sp³-hybridized carbons (Fsp3) is 0.455. The van der Waals surface area contributed by atoms with E-state index < -0.39 is 12.1 Å². The Balaban J connectivity index is 1.31. The molecule has 2 aliphatic heterocycles. The van der Waals surface area contributed by atoms with Gasteiger partial charge in [0.25, 0.3) is 0 Å². The van der Waals surface area contributed by atoms with Crippen molar-refractivity contribution < 1.29 is 9.18 Å². The Morgan fingerprint density at radius 3 is 2.60 bits per heavy atom. The first-order valence-corrected chi connectivity index (χ1v) is 10.6. The van der Waals surface area contributed by atoms with Crippen LogP contribution in [0.5, 0.6) is 0 Å². The Bertz CT molecular complexity index is 1130. The van der Waals surface area contributed by atoms with Crippen LogP contribution in [0.3, 0.4) is 0 Å². The van der Waals surface area contributed by atoms with Crippen LogP contribution in [0.15, 0.2) is 30.6 Å². The van der Waals surface area contributed by atoms with Crippen molar-refractivity contribution in [3.05, 3.63) is 36.3 Å². The van der Waals surface area contributed by atoms with Crippen LogP contribution in [0.1, 0.15) is 25.0 Å². The summed E-state index contributed by atoms with van der Waals surface area (Å²) >= 11 is 0. The molecule has 1 N–H and O–H groups in total. The molecule has 3 aromatic rings. The number of aryl methyl sites for hydroxylation is 1. The number of nitrogens with zero attached hydrogens (tertiary/aromatic N) is 5. The summed E-state index contributed by atoms with van der Waals surface area (Å²) in [7, 11) is 0. The summed E-state index contributed by atoms with van der Waals surface area (Å²) in [5, 5.41) is 0. The smallest absolute Gasteiger partial charge is 0.229 e. The molecule has 3 fully saturated rings. The molecule has 8 heteroatoms. The molecule has 1 aliphatic carbocycles. The number of hydrogen-bond donors (Lipinski definition) is 1. The zero-order valence-electron chi connectivity index (χ0n) is 16.8. The lowest BCUT2D eigenvalue weighted by Crippen LogP contribution is -2.56.